The van der Waals surface area contributed by atoms with Crippen LogP contribution in [-0.2, 0) is 24.0 Å². The molecule has 0 aliphatic carbocycles. The van der Waals surface area contributed by atoms with Crippen molar-refractivity contribution in [2.75, 3.05) is 0 Å². The maximum absolute atomic E-state index is 11.3. The van der Waals surface area contributed by atoms with Gasteiger partial charge in [-0.05, 0) is 0 Å². The highest BCUT2D eigenvalue weighted by Crippen LogP contribution is 2.04. The van der Waals surface area contributed by atoms with E-state index in [9.17, 15) is 24.0 Å². The van der Waals surface area contributed by atoms with Crippen molar-refractivity contribution in [2.45, 2.75) is 44.9 Å². The second-order valence-corrected chi connectivity index (χ2v) is 4.08. The van der Waals surface area contributed by atoms with E-state index in [0.717, 1.165) is 0 Å². The van der Waals surface area contributed by atoms with Crippen LogP contribution in [0, 0.1) is 0 Å². The zero-order valence-corrected chi connectivity index (χ0v) is 10.4. The van der Waals surface area contributed by atoms with Crippen molar-refractivity contribution in [3.05, 3.63) is 0 Å². The number of carboxylic acids is 2. The Bertz CT molecular complexity index is 384. The van der Waals surface area contributed by atoms with E-state index >= 15 is 0 Å². The van der Waals surface area contributed by atoms with Crippen molar-refractivity contribution in [3.63, 3.8) is 0 Å². The molecule has 0 aromatic rings. The van der Waals surface area contributed by atoms with Crippen LogP contribution >= 0.6 is 0 Å². The van der Waals surface area contributed by atoms with E-state index < -0.39 is 24.1 Å². The number of aliphatic carboxylic acids is 2. The number of carboxylic acid groups (broad SMARTS) is 2. The summed E-state index contributed by atoms with van der Waals surface area (Å²) in [6.07, 6.45) is -1.29. The van der Waals surface area contributed by atoms with Gasteiger partial charge in [-0.2, -0.15) is 0 Å². The highest BCUT2D eigenvalue weighted by atomic mass is 16.4. The van der Waals surface area contributed by atoms with Crippen LogP contribution in [0.1, 0.15) is 44.9 Å². The van der Waals surface area contributed by atoms with Gasteiger partial charge in [-0.25, -0.2) is 0 Å². The normalized spacial score (nSPS) is 9.89. The summed E-state index contributed by atoms with van der Waals surface area (Å²) in [6, 6.07) is 0. The lowest BCUT2D eigenvalue weighted by molar-refractivity contribution is -0.141. The Kier molecular flexibility index (Phi) is 7.99. The van der Waals surface area contributed by atoms with Gasteiger partial charge >= 0.3 is 11.9 Å². The van der Waals surface area contributed by atoms with Gasteiger partial charge in [0.05, 0.1) is 6.42 Å². The second-order valence-electron chi connectivity index (χ2n) is 4.08. The molecule has 0 aromatic carbocycles. The van der Waals surface area contributed by atoms with Gasteiger partial charge in [0.15, 0.2) is 0 Å². The zero-order chi connectivity index (χ0) is 14.8. The minimum Gasteiger partial charge on any atom is -0.481 e. The lowest BCUT2D eigenvalue weighted by atomic mass is 10.0. The lowest BCUT2D eigenvalue weighted by Crippen LogP contribution is -2.10. The Morgan fingerprint density at radius 3 is 1.26 bits per heavy atom. The Balaban J connectivity index is 3.75. The summed E-state index contributed by atoms with van der Waals surface area (Å²) in [5, 5.41) is 16.7. The first-order valence-corrected chi connectivity index (χ1v) is 5.80. The van der Waals surface area contributed by atoms with E-state index in [1.54, 1.807) is 0 Å². The number of hydrogen-bond donors (Lipinski definition) is 2. The van der Waals surface area contributed by atoms with E-state index in [1.807, 2.05) is 0 Å². The van der Waals surface area contributed by atoms with Crippen LogP contribution in [-0.4, -0.2) is 39.5 Å². The van der Waals surface area contributed by atoms with Crippen molar-refractivity contribution in [1.29, 1.82) is 0 Å². The molecular weight excluding hydrogens is 256 g/mol. The Morgan fingerprint density at radius 1 is 0.526 bits per heavy atom. The molecule has 0 heterocycles. The molecule has 106 valence electrons. The summed E-state index contributed by atoms with van der Waals surface area (Å²) in [5.41, 5.74) is 0. The van der Waals surface area contributed by atoms with Crippen molar-refractivity contribution in [1.82, 2.24) is 0 Å². The molecule has 2 N–H and O–H groups in total. The molecule has 0 saturated carbocycles. The van der Waals surface area contributed by atoms with Crippen LogP contribution in [0.25, 0.3) is 0 Å². The summed E-state index contributed by atoms with van der Waals surface area (Å²) >= 11 is 0. The molecule has 0 bridgehead atoms. The minimum atomic E-state index is -1.23. The first-order chi connectivity index (χ1) is 8.81. The summed E-state index contributed by atoms with van der Waals surface area (Å²) in [4.78, 5) is 53.9. The zero-order valence-electron chi connectivity index (χ0n) is 10.4. The molecule has 0 aromatic heterocycles. The molecular formula is C12H16O7. The largest absolute Gasteiger partial charge is 0.481 e. The number of rotatable bonds is 11. The molecule has 0 radical (unpaired) electrons. The van der Waals surface area contributed by atoms with Crippen molar-refractivity contribution in [2.24, 2.45) is 0 Å². The van der Waals surface area contributed by atoms with Crippen LogP contribution in [0.3, 0.4) is 0 Å². The monoisotopic (exact) mass is 272 g/mol. The first kappa shape index (κ1) is 16.9. The summed E-state index contributed by atoms with van der Waals surface area (Å²) in [5.74, 6) is -3.45. The predicted molar refractivity (Wildman–Crippen MR) is 62.6 cm³/mol. The Labute approximate surface area is 109 Å². The molecule has 0 amide bonds. The molecule has 0 unspecified atom stereocenters. The Morgan fingerprint density at radius 2 is 0.895 bits per heavy atom. The third-order valence-corrected chi connectivity index (χ3v) is 2.33. The average molecular weight is 272 g/mol. The van der Waals surface area contributed by atoms with Gasteiger partial charge in [0.1, 0.15) is 23.8 Å². The Hall–Kier alpha value is -2.05. The van der Waals surface area contributed by atoms with E-state index in [2.05, 4.69) is 0 Å². The molecule has 7 heteroatoms. The molecule has 0 fully saturated rings. The van der Waals surface area contributed by atoms with Crippen molar-refractivity contribution >= 4 is 29.3 Å². The summed E-state index contributed by atoms with van der Waals surface area (Å²) in [6.45, 7) is 0. The third-order valence-electron chi connectivity index (χ3n) is 2.33. The maximum atomic E-state index is 11.3. The third kappa shape index (κ3) is 10.8. The fraction of sp³-hybridized carbons (Fsp3) is 0.583. The molecule has 7 nitrogen and oxygen atoms in total. The van der Waals surface area contributed by atoms with Gasteiger partial charge in [0.25, 0.3) is 0 Å². The van der Waals surface area contributed by atoms with Crippen molar-refractivity contribution in [3.8, 4) is 0 Å². The molecule has 0 aliphatic rings. The quantitative estimate of drug-likeness (QED) is 0.527. The average Bonchev–Trinajstić information content (AvgIpc) is 2.30. The van der Waals surface area contributed by atoms with Crippen LogP contribution in [0.5, 0.6) is 0 Å². The van der Waals surface area contributed by atoms with Crippen molar-refractivity contribution < 1.29 is 34.2 Å². The molecule has 0 saturated heterocycles. The number of Topliss-reactive ketones (excluding diaryl/α,β-unsaturated/α-hetero) is 3. The highest BCUT2D eigenvalue weighted by molar-refractivity contribution is 5.96. The fourth-order valence-electron chi connectivity index (χ4n) is 1.31. The molecule has 0 spiro atoms. The van der Waals surface area contributed by atoms with Gasteiger partial charge in [0.2, 0.25) is 0 Å². The molecule has 0 aliphatic heterocycles. The maximum Gasteiger partial charge on any atom is 0.310 e. The molecule has 19 heavy (non-hydrogen) atoms. The summed E-state index contributed by atoms with van der Waals surface area (Å²) in [7, 11) is 0. The number of hydrogen-bond acceptors (Lipinski definition) is 5. The fourth-order valence-corrected chi connectivity index (χ4v) is 1.31. The summed E-state index contributed by atoms with van der Waals surface area (Å²) < 4.78 is 0. The molecule has 0 rings (SSSR count). The van der Waals surface area contributed by atoms with Crippen LogP contribution in [0.4, 0.5) is 0 Å². The van der Waals surface area contributed by atoms with Gasteiger partial charge in [-0.3, -0.25) is 24.0 Å². The topological polar surface area (TPSA) is 126 Å². The number of carbonyl (C=O) groups excluding carboxylic acids is 3. The van der Waals surface area contributed by atoms with Crippen LogP contribution < -0.4 is 0 Å². The number of ketones is 3. The minimum absolute atomic E-state index is 0.0424. The lowest BCUT2D eigenvalue weighted by Gasteiger charge is -2.00. The standard InChI is InChI=1S/C12H16O7/c13-8(3-4-10(15)7-12(18)19)1-2-9(14)5-6-11(16)17/h1-7H2,(H,16,17)(H,18,19). The van der Waals surface area contributed by atoms with Gasteiger partial charge in [-0.15, -0.1) is 0 Å². The predicted octanol–water partition coefficient (Wildman–Crippen LogP) is 0.594. The van der Waals surface area contributed by atoms with Gasteiger partial charge < -0.3 is 10.2 Å². The van der Waals surface area contributed by atoms with E-state index in [0.29, 0.717) is 0 Å². The van der Waals surface area contributed by atoms with Crippen LogP contribution in [0.15, 0.2) is 0 Å². The molecule has 0 atom stereocenters. The number of carbonyl (C=O) groups is 5. The van der Waals surface area contributed by atoms with Gasteiger partial charge in [0, 0.05) is 32.1 Å². The van der Waals surface area contributed by atoms with E-state index in [-0.39, 0.29) is 50.1 Å². The highest BCUT2D eigenvalue weighted by Gasteiger charge is 2.12. The van der Waals surface area contributed by atoms with Crippen LogP contribution in [0.2, 0.25) is 0 Å². The second kappa shape index (κ2) is 8.96. The van der Waals surface area contributed by atoms with E-state index in [1.165, 1.54) is 0 Å². The van der Waals surface area contributed by atoms with E-state index in [4.69, 9.17) is 10.2 Å². The SMILES string of the molecule is O=C(O)CCC(=O)CCC(=O)CCC(=O)CC(=O)O. The smallest absolute Gasteiger partial charge is 0.310 e. The van der Waals surface area contributed by atoms with Gasteiger partial charge in [-0.1, -0.05) is 0 Å². The first-order valence-electron chi connectivity index (χ1n) is 5.80.